The quantitative estimate of drug-likeness (QED) is 0.716. The van der Waals surface area contributed by atoms with Crippen LogP contribution in [0.2, 0.25) is 0 Å². The fourth-order valence-electron chi connectivity index (χ4n) is 2.29. The van der Waals surface area contributed by atoms with Crippen LogP contribution in [0, 0.1) is 13.8 Å². The van der Waals surface area contributed by atoms with Crippen molar-refractivity contribution in [3.63, 3.8) is 0 Å². The summed E-state index contributed by atoms with van der Waals surface area (Å²) in [5, 5.41) is 0. The maximum atomic E-state index is 2.44. The van der Waals surface area contributed by atoms with Crippen LogP contribution in [-0.2, 0) is 5.41 Å². The van der Waals surface area contributed by atoms with Crippen molar-refractivity contribution in [3.05, 3.63) is 59.2 Å². The third-order valence-electron chi connectivity index (χ3n) is 3.43. The Kier molecular flexibility index (Phi) is 4.39. The Hall–Kier alpha value is -0.770. The second-order valence-corrected chi connectivity index (χ2v) is 9.35. The van der Waals surface area contributed by atoms with Gasteiger partial charge in [0.15, 0.2) is 0 Å². The third kappa shape index (κ3) is 3.62. The molecule has 19 heavy (non-hydrogen) atoms. The molecule has 0 saturated heterocycles. The van der Waals surface area contributed by atoms with Gasteiger partial charge in [0.1, 0.15) is 0 Å². The zero-order valence-electron chi connectivity index (χ0n) is 12.4. The summed E-state index contributed by atoms with van der Waals surface area (Å²) in [4.78, 5) is 0. The molecule has 1 heteroatoms. The van der Waals surface area contributed by atoms with Crippen molar-refractivity contribution in [2.45, 2.75) is 40.0 Å². The summed E-state index contributed by atoms with van der Waals surface area (Å²) in [6.07, 6.45) is 0. The van der Waals surface area contributed by atoms with Crippen LogP contribution in [-0.4, -0.2) is 20.9 Å². The molecule has 0 saturated carbocycles. The summed E-state index contributed by atoms with van der Waals surface area (Å²) < 4.78 is 3.06. The van der Waals surface area contributed by atoms with E-state index < -0.39 is 0 Å². The van der Waals surface area contributed by atoms with Crippen molar-refractivity contribution in [2.75, 3.05) is 0 Å². The van der Waals surface area contributed by atoms with Crippen molar-refractivity contribution >= 4 is 28.1 Å². The van der Waals surface area contributed by atoms with Gasteiger partial charge in [-0.25, -0.2) is 0 Å². The molecular weight excluding hydrogens is 344 g/mol. The molecule has 0 radical (unpaired) electrons. The predicted octanol–water partition coefficient (Wildman–Crippen LogP) is 3.26. The van der Waals surface area contributed by atoms with Gasteiger partial charge >= 0.3 is 127 Å². The molecule has 0 aliphatic rings. The average Bonchev–Trinajstić information content (AvgIpc) is 2.33. The summed E-state index contributed by atoms with van der Waals surface area (Å²) in [6, 6.07) is 15.7. The number of aryl methyl sites for hydroxylation is 1. The van der Waals surface area contributed by atoms with E-state index in [9.17, 15) is 0 Å². The van der Waals surface area contributed by atoms with E-state index in [0.29, 0.717) is 0 Å². The van der Waals surface area contributed by atoms with Gasteiger partial charge in [0.2, 0.25) is 0 Å². The molecule has 0 unspecified atom stereocenters. The Bertz CT molecular complexity index is 562. The van der Waals surface area contributed by atoms with E-state index in [1.54, 1.807) is 3.61 Å². The first-order valence-electron chi connectivity index (χ1n) is 6.72. The van der Waals surface area contributed by atoms with Crippen LogP contribution in [0.25, 0.3) is 0 Å². The monoisotopic (exact) mass is 368 g/mol. The minimum atomic E-state index is -0.263. The second-order valence-electron chi connectivity index (χ2n) is 6.08. The zero-order chi connectivity index (χ0) is 14.0. The molecule has 0 aromatic heterocycles. The van der Waals surface area contributed by atoms with E-state index in [-0.39, 0.29) is 26.3 Å². The predicted molar refractivity (Wildman–Crippen MR) is 86.1 cm³/mol. The first kappa shape index (κ1) is 14.6. The van der Waals surface area contributed by atoms with Gasteiger partial charge in [-0.15, -0.1) is 0 Å². The van der Waals surface area contributed by atoms with Crippen LogP contribution in [0.15, 0.2) is 42.5 Å². The van der Waals surface area contributed by atoms with Crippen LogP contribution >= 0.6 is 0 Å². The van der Waals surface area contributed by atoms with Crippen molar-refractivity contribution < 1.29 is 0 Å². The maximum absolute atomic E-state index is 2.44. The van der Waals surface area contributed by atoms with Crippen molar-refractivity contribution in [3.8, 4) is 0 Å². The Morgan fingerprint density at radius 3 is 2.05 bits per heavy atom. The molecule has 0 bridgehead atoms. The first-order valence-corrected chi connectivity index (χ1v) is 9.05. The summed E-state index contributed by atoms with van der Waals surface area (Å²) in [5.74, 6) is 0. The molecule has 0 nitrogen and oxygen atoms in total. The van der Waals surface area contributed by atoms with E-state index in [2.05, 4.69) is 77.1 Å². The summed E-state index contributed by atoms with van der Waals surface area (Å²) in [7, 11) is 0. The number of rotatable bonds is 2. The molecule has 0 spiro atoms. The van der Waals surface area contributed by atoms with Crippen LogP contribution in [0.4, 0.5) is 0 Å². The minimum absolute atomic E-state index is 0.231. The van der Waals surface area contributed by atoms with E-state index in [1.807, 2.05) is 0 Å². The summed E-state index contributed by atoms with van der Waals surface area (Å²) in [5.41, 5.74) is 4.62. The van der Waals surface area contributed by atoms with Gasteiger partial charge in [0, 0.05) is 0 Å². The van der Waals surface area contributed by atoms with E-state index >= 15 is 0 Å². The molecule has 0 aliphatic carbocycles. The zero-order valence-corrected chi connectivity index (χ0v) is 14.8. The first-order chi connectivity index (χ1) is 8.88. The summed E-state index contributed by atoms with van der Waals surface area (Å²) >= 11 is -0.263. The number of hydrogen-bond acceptors (Lipinski definition) is 0. The molecule has 2 rings (SSSR count). The Morgan fingerprint density at radius 1 is 0.842 bits per heavy atom. The molecule has 0 amide bonds. The third-order valence-corrected chi connectivity index (χ3v) is 6.22. The van der Waals surface area contributed by atoms with Gasteiger partial charge in [0.05, 0.1) is 0 Å². The topological polar surface area (TPSA) is 0 Å². The van der Waals surface area contributed by atoms with Crippen LogP contribution < -0.4 is 7.22 Å². The fraction of sp³-hybridized carbons (Fsp3) is 0.333. The van der Waals surface area contributed by atoms with Gasteiger partial charge in [-0.2, -0.15) is 0 Å². The van der Waals surface area contributed by atoms with Crippen LogP contribution in [0.1, 0.15) is 37.5 Å². The normalized spacial score (nSPS) is 11.6. The van der Waals surface area contributed by atoms with E-state index in [1.165, 1.54) is 20.3 Å². The molecule has 0 N–H and O–H groups in total. The van der Waals surface area contributed by atoms with Crippen molar-refractivity contribution in [2.24, 2.45) is 0 Å². The van der Waals surface area contributed by atoms with Gasteiger partial charge < -0.3 is 0 Å². The van der Waals surface area contributed by atoms with E-state index in [0.717, 1.165) is 0 Å². The Labute approximate surface area is 127 Å². The van der Waals surface area contributed by atoms with Gasteiger partial charge in [0.25, 0.3) is 0 Å². The van der Waals surface area contributed by atoms with Gasteiger partial charge in [-0.05, 0) is 0 Å². The molecular formula is C18H22Te. The average molecular weight is 366 g/mol. The second kappa shape index (κ2) is 5.69. The molecule has 2 aromatic rings. The number of hydrogen-bond donors (Lipinski definition) is 0. The van der Waals surface area contributed by atoms with Crippen LogP contribution in [0.3, 0.4) is 0 Å². The standard InChI is InChI=1S/C18H22Te/c1-13-11-16(19-15-9-7-6-8-10-15)12-17(14(13)2)18(3,4)5/h6-12H,1-5H3. The van der Waals surface area contributed by atoms with Crippen molar-refractivity contribution in [1.29, 1.82) is 0 Å². The van der Waals surface area contributed by atoms with Gasteiger partial charge in [-0.3, -0.25) is 0 Å². The molecule has 0 fully saturated rings. The molecule has 100 valence electrons. The molecule has 0 atom stereocenters. The molecule has 0 heterocycles. The fourth-order valence-corrected chi connectivity index (χ4v) is 5.08. The molecule has 0 aliphatic heterocycles. The molecule has 2 aromatic carbocycles. The number of benzene rings is 2. The van der Waals surface area contributed by atoms with E-state index in [4.69, 9.17) is 0 Å². The van der Waals surface area contributed by atoms with Gasteiger partial charge in [-0.1, -0.05) is 0 Å². The Morgan fingerprint density at radius 2 is 1.47 bits per heavy atom. The summed E-state index contributed by atoms with van der Waals surface area (Å²) in [6.45, 7) is 11.4. The van der Waals surface area contributed by atoms with Crippen LogP contribution in [0.5, 0.6) is 0 Å². The van der Waals surface area contributed by atoms with Crippen molar-refractivity contribution in [1.82, 2.24) is 0 Å². The Balaban J connectivity index is 2.40. The SMILES string of the molecule is Cc1cc([Te]c2ccccc2)cc(C(C)(C)C)c1C.